The van der Waals surface area contributed by atoms with Gasteiger partial charge in [-0.25, -0.2) is 0 Å². The molecule has 0 unspecified atom stereocenters. The van der Waals surface area contributed by atoms with Crippen LogP contribution in [0, 0.1) is 0 Å². The third kappa shape index (κ3) is 2.05. The van der Waals surface area contributed by atoms with Crippen LogP contribution < -0.4 is 0 Å². The molecule has 5 heteroatoms. The van der Waals surface area contributed by atoms with Gasteiger partial charge < -0.3 is 0 Å². The molecule has 2 nitrogen and oxygen atoms in total. The molecule has 0 aliphatic heterocycles. The fourth-order valence-corrected chi connectivity index (χ4v) is 2.63. The van der Waals surface area contributed by atoms with Gasteiger partial charge in [-0.3, -0.25) is 9.59 Å². The molecule has 0 saturated heterocycles. The molecule has 0 bridgehead atoms. The minimum Gasteiger partial charge on any atom is -0.293 e. The number of alkyl halides is 3. The largest absolute Gasteiger partial charge is 0.416 e. The number of halogens is 3. The third-order valence-electron chi connectivity index (χ3n) is 3.56. The summed E-state index contributed by atoms with van der Waals surface area (Å²) < 4.78 is 39.2. The van der Waals surface area contributed by atoms with Crippen molar-refractivity contribution in [3.8, 4) is 0 Å². The average molecular weight is 290 g/mol. The topological polar surface area (TPSA) is 34.1 Å². The Balaban J connectivity index is 2.17. The van der Waals surface area contributed by atoms with Crippen LogP contribution in [0.1, 0.15) is 37.8 Å². The van der Waals surface area contributed by atoms with Gasteiger partial charge in [-0.2, -0.15) is 13.2 Å². The van der Waals surface area contributed by atoms with E-state index >= 15 is 0 Å². The molecule has 0 atom stereocenters. The van der Waals surface area contributed by atoms with Crippen molar-refractivity contribution < 1.29 is 22.8 Å². The molecule has 1 aliphatic carbocycles. The first kappa shape index (κ1) is 13.5. The summed E-state index contributed by atoms with van der Waals surface area (Å²) in [5, 5.41) is 0. The molecule has 0 heterocycles. The van der Waals surface area contributed by atoms with Crippen molar-refractivity contribution in [1.82, 2.24) is 0 Å². The Morgan fingerprint density at radius 1 is 0.762 bits per heavy atom. The smallest absolute Gasteiger partial charge is 0.293 e. The van der Waals surface area contributed by atoms with Crippen LogP contribution in [0.3, 0.4) is 0 Å². The van der Waals surface area contributed by atoms with Crippen LogP contribution >= 0.6 is 0 Å². The number of fused-ring (bicyclic) bond motifs is 1. The lowest BCUT2D eigenvalue weighted by atomic mass is 9.90. The molecular weight excluding hydrogens is 281 g/mol. The van der Waals surface area contributed by atoms with Gasteiger partial charge in [-0.05, 0) is 11.6 Å². The highest BCUT2D eigenvalue weighted by atomic mass is 19.4. The van der Waals surface area contributed by atoms with Gasteiger partial charge in [0.15, 0.2) is 11.6 Å². The van der Waals surface area contributed by atoms with Crippen molar-refractivity contribution in [2.45, 2.75) is 12.1 Å². The molecule has 0 amide bonds. The van der Waals surface area contributed by atoms with E-state index in [0.29, 0.717) is 0 Å². The van der Waals surface area contributed by atoms with E-state index in [4.69, 9.17) is 0 Å². The SMILES string of the molecule is O=C1c2ccccc2C(=O)C1c1ccccc1C(F)(F)F. The van der Waals surface area contributed by atoms with E-state index < -0.39 is 29.2 Å². The zero-order valence-electron chi connectivity index (χ0n) is 10.6. The number of carbonyl (C=O) groups is 2. The van der Waals surface area contributed by atoms with Crippen LogP contribution in [0.4, 0.5) is 13.2 Å². The van der Waals surface area contributed by atoms with Crippen molar-refractivity contribution in [2.24, 2.45) is 0 Å². The van der Waals surface area contributed by atoms with E-state index in [0.717, 1.165) is 6.07 Å². The van der Waals surface area contributed by atoms with Gasteiger partial charge in [0, 0.05) is 11.1 Å². The first-order chi connectivity index (χ1) is 9.91. The van der Waals surface area contributed by atoms with Crippen molar-refractivity contribution in [1.29, 1.82) is 0 Å². The molecule has 0 saturated carbocycles. The zero-order chi connectivity index (χ0) is 15.2. The number of benzene rings is 2. The number of ketones is 2. The van der Waals surface area contributed by atoms with Gasteiger partial charge in [-0.1, -0.05) is 42.5 Å². The quantitative estimate of drug-likeness (QED) is 0.747. The summed E-state index contributed by atoms with van der Waals surface area (Å²) in [6.45, 7) is 0. The van der Waals surface area contributed by atoms with Crippen LogP contribution in [-0.2, 0) is 6.18 Å². The lowest BCUT2D eigenvalue weighted by molar-refractivity contribution is -0.138. The minimum absolute atomic E-state index is 0.185. The lowest BCUT2D eigenvalue weighted by Gasteiger charge is -2.15. The summed E-state index contributed by atoms with van der Waals surface area (Å²) in [7, 11) is 0. The Kier molecular flexibility index (Phi) is 2.93. The predicted octanol–water partition coefficient (Wildman–Crippen LogP) is 3.87. The molecule has 0 aromatic heterocycles. The fourth-order valence-electron chi connectivity index (χ4n) is 2.63. The van der Waals surface area contributed by atoms with E-state index in [1.165, 1.54) is 30.3 Å². The van der Waals surface area contributed by atoms with Crippen LogP contribution in [0.2, 0.25) is 0 Å². The third-order valence-corrected chi connectivity index (χ3v) is 3.56. The molecule has 21 heavy (non-hydrogen) atoms. The van der Waals surface area contributed by atoms with Crippen molar-refractivity contribution in [3.05, 3.63) is 70.8 Å². The second kappa shape index (κ2) is 4.55. The Morgan fingerprint density at radius 2 is 1.24 bits per heavy atom. The first-order valence-electron chi connectivity index (χ1n) is 6.25. The summed E-state index contributed by atoms with van der Waals surface area (Å²) in [6.07, 6.45) is -4.61. The zero-order valence-corrected chi connectivity index (χ0v) is 10.6. The lowest BCUT2D eigenvalue weighted by Crippen LogP contribution is -2.18. The fraction of sp³-hybridized carbons (Fsp3) is 0.125. The second-order valence-electron chi connectivity index (χ2n) is 4.79. The molecule has 0 fully saturated rings. The van der Waals surface area contributed by atoms with Gasteiger partial charge in [0.1, 0.15) is 5.92 Å². The molecule has 2 aromatic rings. The van der Waals surface area contributed by atoms with E-state index in [2.05, 4.69) is 0 Å². The Labute approximate surface area is 118 Å². The van der Waals surface area contributed by atoms with E-state index in [-0.39, 0.29) is 16.7 Å². The summed E-state index contributed by atoms with van der Waals surface area (Å²) in [5.41, 5.74) is -0.852. The molecule has 0 N–H and O–H groups in total. The summed E-state index contributed by atoms with van der Waals surface area (Å²) in [6, 6.07) is 10.8. The predicted molar refractivity (Wildman–Crippen MR) is 69.3 cm³/mol. The Bertz CT molecular complexity index is 712. The molecule has 1 aliphatic rings. The van der Waals surface area contributed by atoms with Gasteiger partial charge in [0.2, 0.25) is 0 Å². The van der Waals surface area contributed by atoms with Crippen LogP contribution in [0.25, 0.3) is 0 Å². The molecule has 106 valence electrons. The molecule has 0 spiro atoms. The average Bonchev–Trinajstić information content (AvgIpc) is 2.71. The normalized spacial score (nSPS) is 15.4. The minimum atomic E-state index is -4.61. The van der Waals surface area contributed by atoms with Crippen molar-refractivity contribution in [3.63, 3.8) is 0 Å². The first-order valence-corrected chi connectivity index (χ1v) is 6.25. The van der Waals surface area contributed by atoms with Crippen LogP contribution in [0.15, 0.2) is 48.5 Å². The van der Waals surface area contributed by atoms with E-state index in [1.54, 1.807) is 12.1 Å². The second-order valence-corrected chi connectivity index (χ2v) is 4.79. The summed E-state index contributed by atoms with van der Waals surface area (Å²) in [4.78, 5) is 24.6. The van der Waals surface area contributed by atoms with E-state index in [1.807, 2.05) is 0 Å². The molecule has 0 radical (unpaired) electrons. The van der Waals surface area contributed by atoms with Gasteiger partial charge in [-0.15, -0.1) is 0 Å². The maximum atomic E-state index is 13.1. The van der Waals surface area contributed by atoms with Gasteiger partial charge in [0.05, 0.1) is 5.56 Å². The maximum Gasteiger partial charge on any atom is 0.416 e. The number of Topliss-reactive ketones (excluding diaryl/α,β-unsaturated/α-hetero) is 2. The molecule has 2 aromatic carbocycles. The standard InChI is InChI=1S/C16H9F3O2/c17-16(18,19)12-8-4-3-7-11(12)13-14(20)9-5-1-2-6-10(9)15(13)21/h1-8,13H. The number of hydrogen-bond acceptors (Lipinski definition) is 2. The van der Waals surface area contributed by atoms with E-state index in [9.17, 15) is 22.8 Å². The highest BCUT2D eigenvalue weighted by Crippen LogP contribution is 2.40. The summed E-state index contributed by atoms with van der Waals surface area (Å²) >= 11 is 0. The maximum absolute atomic E-state index is 13.1. The van der Waals surface area contributed by atoms with Crippen molar-refractivity contribution >= 4 is 11.6 Å². The molecular formula is C16H9F3O2. The molecule has 3 rings (SSSR count). The van der Waals surface area contributed by atoms with Gasteiger partial charge >= 0.3 is 6.18 Å². The Hall–Kier alpha value is -2.43. The summed E-state index contributed by atoms with van der Waals surface area (Å²) in [5.74, 6) is -2.56. The van der Waals surface area contributed by atoms with Crippen LogP contribution in [-0.4, -0.2) is 11.6 Å². The number of carbonyl (C=O) groups excluding carboxylic acids is 2. The highest BCUT2D eigenvalue weighted by Gasteiger charge is 2.44. The van der Waals surface area contributed by atoms with Gasteiger partial charge in [0.25, 0.3) is 0 Å². The van der Waals surface area contributed by atoms with Crippen molar-refractivity contribution in [2.75, 3.05) is 0 Å². The number of rotatable bonds is 1. The highest BCUT2D eigenvalue weighted by molar-refractivity contribution is 6.29. The van der Waals surface area contributed by atoms with Crippen LogP contribution in [0.5, 0.6) is 0 Å². The Morgan fingerprint density at radius 3 is 1.76 bits per heavy atom. The monoisotopic (exact) mass is 290 g/mol. The number of hydrogen-bond donors (Lipinski definition) is 0.